The smallest absolute Gasteiger partial charge is 0.0631 e. The van der Waals surface area contributed by atoms with Gasteiger partial charge in [0, 0.05) is 35.9 Å². The minimum absolute atomic E-state index is 0.224. The molecular formula is C19H19ClN2S. The largest absolute Gasteiger partial charge is 0.314 e. The second kappa shape index (κ2) is 6.62. The number of halogens is 1. The molecule has 0 saturated carbocycles. The zero-order chi connectivity index (χ0) is 15.6. The van der Waals surface area contributed by atoms with Crippen molar-refractivity contribution >= 4 is 33.0 Å². The van der Waals surface area contributed by atoms with Crippen LogP contribution >= 0.6 is 22.9 Å². The number of benzene rings is 2. The number of nitrogens with zero attached hydrogens (tertiary/aromatic N) is 1. The van der Waals surface area contributed by atoms with Gasteiger partial charge in [0.1, 0.15) is 0 Å². The minimum atomic E-state index is 0.224. The van der Waals surface area contributed by atoms with Gasteiger partial charge in [-0.2, -0.15) is 0 Å². The van der Waals surface area contributed by atoms with Gasteiger partial charge in [-0.25, -0.2) is 0 Å². The van der Waals surface area contributed by atoms with Crippen LogP contribution in [0.2, 0.25) is 5.02 Å². The minimum Gasteiger partial charge on any atom is -0.314 e. The molecule has 1 aliphatic rings. The number of hydrogen-bond acceptors (Lipinski definition) is 3. The third-order valence-corrected chi connectivity index (χ3v) is 5.85. The Kier molecular flexibility index (Phi) is 4.36. The topological polar surface area (TPSA) is 15.3 Å². The standard InChI is InChI=1S/C19H19ClN2S/c20-17-7-3-1-6-15(17)19(22-11-9-21-10-12-22)16-13-23-18-8-4-2-5-14(16)18/h1-8,13,19,21H,9-12H2. The van der Waals surface area contributed by atoms with E-state index in [0.717, 1.165) is 31.2 Å². The molecule has 23 heavy (non-hydrogen) atoms. The lowest BCUT2D eigenvalue weighted by Crippen LogP contribution is -2.45. The van der Waals surface area contributed by atoms with E-state index in [1.165, 1.54) is 21.2 Å². The van der Waals surface area contributed by atoms with Gasteiger partial charge < -0.3 is 5.32 Å². The number of fused-ring (bicyclic) bond motifs is 1. The highest BCUT2D eigenvalue weighted by molar-refractivity contribution is 7.17. The molecule has 4 heteroatoms. The summed E-state index contributed by atoms with van der Waals surface area (Å²) in [5, 5.41) is 7.95. The van der Waals surface area contributed by atoms with Gasteiger partial charge in [-0.15, -0.1) is 11.3 Å². The molecule has 1 fully saturated rings. The summed E-state index contributed by atoms with van der Waals surface area (Å²) >= 11 is 8.39. The molecule has 2 heterocycles. The van der Waals surface area contributed by atoms with Crippen LogP contribution in [0.5, 0.6) is 0 Å². The van der Waals surface area contributed by atoms with Crippen LogP contribution in [0.1, 0.15) is 17.2 Å². The summed E-state index contributed by atoms with van der Waals surface area (Å²) in [5.74, 6) is 0. The lowest BCUT2D eigenvalue weighted by molar-refractivity contribution is 0.199. The van der Waals surface area contributed by atoms with E-state index in [0.29, 0.717) is 0 Å². The van der Waals surface area contributed by atoms with Gasteiger partial charge in [-0.1, -0.05) is 48.0 Å². The summed E-state index contributed by atoms with van der Waals surface area (Å²) in [6, 6.07) is 17.2. The van der Waals surface area contributed by atoms with Gasteiger partial charge in [0.25, 0.3) is 0 Å². The van der Waals surface area contributed by atoms with Crippen molar-refractivity contribution < 1.29 is 0 Å². The Bertz CT molecular complexity index is 808. The Balaban J connectivity index is 1.86. The van der Waals surface area contributed by atoms with Gasteiger partial charge in [0.15, 0.2) is 0 Å². The second-order valence-corrected chi connectivity index (χ2v) is 7.22. The van der Waals surface area contributed by atoms with Gasteiger partial charge >= 0.3 is 0 Å². The van der Waals surface area contributed by atoms with Crippen LogP contribution < -0.4 is 5.32 Å². The zero-order valence-electron chi connectivity index (χ0n) is 12.8. The van der Waals surface area contributed by atoms with E-state index in [-0.39, 0.29) is 6.04 Å². The first-order valence-corrected chi connectivity index (χ1v) is 9.25. The van der Waals surface area contributed by atoms with Crippen molar-refractivity contribution in [2.24, 2.45) is 0 Å². The van der Waals surface area contributed by atoms with Crippen molar-refractivity contribution in [3.8, 4) is 0 Å². The van der Waals surface area contributed by atoms with Gasteiger partial charge in [-0.3, -0.25) is 4.90 Å². The van der Waals surface area contributed by atoms with Crippen molar-refractivity contribution in [2.75, 3.05) is 26.2 Å². The lowest BCUT2D eigenvalue weighted by atomic mass is 9.96. The fraction of sp³-hybridized carbons (Fsp3) is 0.263. The molecule has 0 radical (unpaired) electrons. The van der Waals surface area contributed by atoms with Gasteiger partial charge in [0.05, 0.1) is 6.04 Å². The molecule has 4 rings (SSSR count). The maximum absolute atomic E-state index is 6.57. The molecular weight excluding hydrogens is 324 g/mol. The van der Waals surface area contributed by atoms with Crippen LogP contribution in [0.25, 0.3) is 10.1 Å². The fourth-order valence-electron chi connectivity index (χ4n) is 3.41. The fourth-order valence-corrected chi connectivity index (χ4v) is 4.63. The second-order valence-electron chi connectivity index (χ2n) is 5.90. The van der Waals surface area contributed by atoms with Crippen molar-refractivity contribution in [3.63, 3.8) is 0 Å². The molecule has 118 valence electrons. The van der Waals surface area contributed by atoms with Gasteiger partial charge in [0.2, 0.25) is 0 Å². The van der Waals surface area contributed by atoms with Gasteiger partial charge in [-0.05, 0) is 34.0 Å². The predicted molar refractivity (Wildman–Crippen MR) is 99.6 cm³/mol. The summed E-state index contributed by atoms with van der Waals surface area (Å²) in [7, 11) is 0. The summed E-state index contributed by atoms with van der Waals surface area (Å²) < 4.78 is 1.34. The normalized spacial score (nSPS) is 17.4. The van der Waals surface area contributed by atoms with Crippen LogP contribution in [-0.2, 0) is 0 Å². The first-order chi connectivity index (χ1) is 11.3. The van der Waals surface area contributed by atoms with Crippen LogP contribution in [-0.4, -0.2) is 31.1 Å². The van der Waals surface area contributed by atoms with E-state index in [9.17, 15) is 0 Å². The summed E-state index contributed by atoms with van der Waals surface area (Å²) in [6.07, 6.45) is 0. The lowest BCUT2D eigenvalue weighted by Gasteiger charge is -2.35. The molecule has 2 aromatic carbocycles. The molecule has 2 nitrogen and oxygen atoms in total. The molecule has 1 N–H and O–H groups in total. The van der Waals surface area contributed by atoms with E-state index in [1.807, 2.05) is 23.5 Å². The quantitative estimate of drug-likeness (QED) is 0.751. The number of thiophene rings is 1. The average Bonchev–Trinajstić information content (AvgIpc) is 3.02. The number of rotatable bonds is 3. The average molecular weight is 343 g/mol. The van der Waals surface area contributed by atoms with E-state index in [2.05, 4.69) is 52.0 Å². The molecule has 1 unspecified atom stereocenters. The van der Waals surface area contributed by atoms with E-state index < -0.39 is 0 Å². The first-order valence-electron chi connectivity index (χ1n) is 8.00. The van der Waals surface area contributed by atoms with Crippen LogP contribution in [0.3, 0.4) is 0 Å². The highest BCUT2D eigenvalue weighted by Crippen LogP contribution is 2.39. The highest BCUT2D eigenvalue weighted by Gasteiger charge is 2.27. The Morgan fingerprint density at radius 3 is 2.52 bits per heavy atom. The molecule has 0 bridgehead atoms. The highest BCUT2D eigenvalue weighted by atomic mass is 35.5. The third-order valence-electron chi connectivity index (χ3n) is 4.52. The van der Waals surface area contributed by atoms with Crippen molar-refractivity contribution in [3.05, 3.63) is 70.1 Å². The molecule has 1 aliphatic heterocycles. The molecule has 1 atom stereocenters. The van der Waals surface area contributed by atoms with Crippen LogP contribution in [0.4, 0.5) is 0 Å². The maximum Gasteiger partial charge on any atom is 0.0631 e. The summed E-state index contributed by atoms with van der Waals surface area (Å²) in [5.41, 5.74) is 2.58. The van der Waals surface area contributed by atoms with Crippen molar-refractivity contribution in [1.29, 1.82) is 0 Å². The first kappa shape index (κ1) is 15.2. The van der Waals surface area contributed by atoms with Crippen molar-refractivity contribution in [2.45, 2.75) is 6.04 Å². The zero-order valence-corrected chi connectivity index (χ0v) is 14.4. The predicted octanol–water partition coefficient (Wildman–Crippen LogP) is 4.55. The molecule has 3 aromatic rings. The summed E-state index contributed by atoms with van der Waals surface area (Å²) in [6.45, 7) is 4.15. The van der Waals surface area contributed by atoms with Crippen molar-refractivity contribution in [1.82, 2.24) is 10.2 Å². The maximum atomic E-state index is 6.57. The molecule has 1 aromatic heterocycles. The number of hydrogen-bond donors (Lipinski definition) is 1. The summed E-state index contributed by atoms with van der Waals surface area (Å²) in [4.78, 5) is 2.55. The van der Waals surface area contributed by atoms with Crippen LogP contribution in [0, 0.1) is 0 Å². The van der Waals surface area contributed by atoms with E-state index in [1.54, 1.807) is 0 Å². The SMILES string of the molecule is Clc1ccccc1C(c1csc2ccccc12)N1CCNCC1. The molecule has 1 saturated heterocycles. The molecule has 0 amide bonds. The van der Waals surface area contributed by atoms with Crippen LogP contribution in [0.15, 0.2) is 53.9 Å². The Morgan fingerprint density at radius 2 is 1.70 bits per heavy atom. The molecule has 0 spiro atoms. The number of nitrogens with one attached hydrogen (secondary N) is 1. The third kappa shape index (κ3) is 2.90. The van der Waals surface area contributed by atoms with E-state index in [4.69, 9.17) is 11.6 Å². The Morgan fingerprint density at radius 1 is 0.957 bits per heavy atom. The van der Waals surface area contributed by atoms with E-state index >= 15 is 0 Å². The number of piperazine rings is 1. The monoisotopic (exact) mass is 342 g/mol. The Labute approximate surface area is 145 Å². The molecule has 0 aliphatic carbocycles. The Hall–Kier alpha value is -1.39.